The molecule has 0 fully saturated rings. The Morgan fingerprint density at radius 2 is 1.77 bits per heavy atom. The van der Waals surface area contributed by atoms with Gasteiger partial charge in [0.15, 0.2) is 0 Å². The van der Waals surface area contributed by atoms with Gasteiger partial charge in [0.25, 0.3) is 0 Å². The first-order valence-corrected chi connectivity index (χ1v) is 5.55. The maximum atomic E-state index is 11.7. The molecule has 0 aliphatic rings. The molecule has 0 spiro atoms. The lowest BCUT2D eigenvalue weighted by atomic mass is 10.4. The number of hydrogen-bond acceptors (Lipinski definition) is 1. The summed E-state index contributed by atoms with van der Waals surface area (Å²) in [5.41, 5.74) is 0. The van der Waals surface area contributed by atoms with Crippen LogP contribution in [0, 0.1) is 3.57 Å². The maximum Gasteiger partial charge on any atom is 0.408 e. The summed E-state index contributed by atoms with van der Waals surface area (Å²) in [6.07, 6.45) is -4.16. The van der Waals surface area contributed by atoms with Gasteiger partial charge in [-0.25, -0.2) is 3.15 Å². The summed E-state index contributed by atoms with van der Waals surface area (Å²) in [5.74, 6) is 0. The fourth-order valence-electron chi connectivity index (χ4n) is 0.638. The van der Waals surface area contributed by atoms with Crippen molar-refractivity contribution in [1.82, 2.24) is 0 Å². The minimum Gasteiger partial charge on any atom is -0.249 e. The van der Waals surface area contributed by atoms with Crippen LogP contribution in [0.1, 0.15) is 0 Å². The summed E-state index contributed by atoms with van der Waals surface area (Å²) in [6.45, 7) is -1.02. The van der Waals surface area contributed by atoms with Gasteiger partial charge >= 0.3 is 6.18 Å². The molecule has 1 rings (SSSR count). The second-order valence-electron chi connectivity index (χ2n) is 2.27. The van der Waals surface area contributed by atoms with E-state index < -0.39 is 33.8 Å². The molecule has 0 N–H and O–H groups in total. The van der Waals surface area contributed by atoms with Gasteiger partial charge in [0, 0.05) is 24.6 Å². The molecule has 0 amide bonds. The third-order valence-electron chi connectivity index (χ3n) is 1.13. The molecular formula is C8H7F3IN. The Morgan fingerprint density at radius 1 is 1.15 bits per heavy atom. The lowest BCUT2D eigenvalue weighted by Gasteiger charge is -1.99. The van der Waals surface area contributed by atoms with Crippen molar-refractivity contribution < 1.29 is 13.2 Å². The van der Waals surface area contributed by atoms with Crippen LogP contribution >= 0.6 is 21.0 Å². The quantitative estimate of drug-likeness (QED) is 0.741. The largest absolute Gasteiger partial charge is 0.408 e. The smallest absolute Gasteiger partial charge is 0.249 e. The topological polar surface area (TPSA) is 12.4 Å². The first-order chi connectivity index (χ1) is 6.08. The summed E-state index contributed by atoms with van der Waals surface area (Å²) in [5, 5.41) is 0. The third kappa shape index (κ3) is 4.97. The van der Waals surface area contributed by atoms with E-state index in [1.54, 1.807) is 24.3 Å². The molecule has 1 nitrogen and oxygen atoms in total. The van der Waals surface area contributed by atoms with Gasteiger partial charge < -0.3 is 0 Å². The summed E-state index contributed by atoms with van der Waals surface area (Å²) in [6, 6.07) is 9.04. The predicted octanol–water partition coefficient (Wildman–Crippen LogP) is 3.57. The Bertz CT molecular complexity index is 281. The van der Waals surface area contributed by atoms with Crippen LogP contribution in [0.25, 0.3) is 0 Å². The Kier molecular flexibility index (Phi) is 3.83. The van der Waals surface area contributed by atoms with Crippen molar-refractivity contribution in [2.24, 2.45) is 3.15 Å². The van der Waals surface area contributed by atoms with Crippen LogP contribution in [0.4, 0.5) is 13.2 Å². The van der Waals surface area contributed by atoms with E-state index in [4.69, 9.17) is 0 Å². The zero-order valence-electron chi connectivity index (χ0n) is 6.55. The Morgan fingerprint density at radius 3 is 2.31 bits per heavy atom. The first kappa shape index (κ1) is 10.6. The van der Waals surface area contributed by atoms with Crippen molar-refractivity contribution in [1.29, 1.82) is 0 Å². The first-order valence-electron chi connectivity index (χ1n) is 3.51. The van der Waals surface area contributed by atoms with E-state index in [1.807, 2.05) is 6.07 Å². The molecule has 1 aromatic carbocycles. The fraction of sp³-hybridized carbons (Fsp3) is 0.250. The van der Waals surface area contributed by atoms with E-state index >= 15 is 0 Å². The van der Waals surface area contributed by atoms with Crippen molar-refractivity contribution in [3.63, 3.8) is 0 Å². The molecule has 0 saturated carbocycles. The Labute approximate surface area is 84.1 Å². The van der Waals surface area contributed by atoms with Gasteiger partial charge in [-0.3, -0.25) is 0 Å². The molecule has 0 unspecified atom stereocenters. The van der Waals surface area contributed by atoms with Gasteiger partial charge in [0.1, 0.15) is 6.54 Å². The van der Waals surface area contributed by atoms with E-state index in [2.05, 4.69) is 3.15 Å². The molecule has 1 aromatic rings. The highest BCUT2D eigenvalue weighted by Crippen LogP contribution is 2.19. The monoisotopic (exact) mass is 301 g/mol. The molecule has 0 radical (unpaired) electrons. The standard InChI is InChI=1S/C8H7F3IN/c9-8(10,11)6-13-12-7-4-2-1-3-5-7/h1-5H,6H2. The van der Waals surface area contributed by atoms with Crippen LogP contribution in [0.15, 0.2) is 33.5 Å². The molecule has 13 heavy (non-hydrogen) atoms. The second-order valence-corrected chi connectivity index (χ2v) is 4.68. The average Bonchev–Trinajstić information content (AvgIpc) is 2.04. The normalized spacial score (nSPS) is 12.8. The summed E-state index contributed by atoms with van der Waals surface area (Å²) < 4.78 is 39.5. The van der Waals surface area contributed by atoms with Crippen LogP contribution in [0.2, 0.25) is 0 Å². The molecule has 0 bridgehead atoms. The molecule has 0 heterocycles. The van der Waals surface area contributed by atoms with Crippen molar-refractivity contribution in [3.8, 4) is 0 Å². The number of hydrogen-bond donors (Lipinski definition) is 0. The lowest BCUT2D eigenvalue weighted by molar-refractivity contribution is -0.117. The van der Waals surface area contributed by atoms with Crippen molar-refractivity contribution in [2.45, 2.75) is 6.18 Å². The van der Waals surface area contributed by atoms with Gasteiger partial charge in [0.2, 0.25) is 0 Å². The van der Waals surface area contributed by atoms with E-state index in [9.17, 15) is 13.2 Å². The summed E-state index contributed by atoms with van der Waals surface area (Å²) in [7, 11) is 0. The summed E-state index contributed by atoms with van der Waals surface area (Å²) in [4.78, 5) is 0. The Balaban J connectivity index is 2.51. The SMILES string of the molecule is FC(F)(F)CN=Ic1ccccc1. The van der Waals surface area contributed by atoms with Crippen molar-refractivity contribution in [2.75, 3.05) is 6.54 Å². The van der Waals surface area contributed by atoms with Crippen molar-refractivity contribution >= 4 is 21.0 Å². The highest BCUT2D eigenvalue weighted by Gasteiger charge is 2.25. The van der Waals surface area contributed by atoms with Gasteiger partial charge in [-0.15, -0.1) is 0 Å². The second kappa shape index (κ2) is 4.69. The zero-order chi connectivity index (χ0) is 9.73. The number of halogens is 4. The average molecular weight is 301 g/mol. The van der Waals surface area contributed by atoms with Crippen LogP contribution in [0.5, 0.6) is 0 Å². The fourth-order valence-corrected chi connectivity index (χ4v) is 2.33. The molecule has 0 atom stereocenters. The highest BCUT2D eigenvalue weighted by atomic mass is 127. The summed E-state index contributed by atoms with van der Waals surface area (Å²) >= 11 is -0.834. The number of rotatable bonds is 2. The molecular weight excluding hydrogens is 294 g/mol. The van der Waals surface area contributed by atoms with Crippen molar-refractivity contribution in [3.05, 3.63) is 33.9 Å². The predicted molar refractivity (Wildman–Crippen MR) is 52.5 cm³/mol. The molecule has 0 aliphatic carbocycles. The maximum absolute atomic E-state index is 11.7. The zero-order valence-corrected chi connectivity index (χ0v) is 8.71. The minimum absolute atomic E-state index is 0.834. The van der Waals surface area contributed by atoms with Crippen LogP contribution < -0.4 is 0 Å². The van der Waals surface area contributed by atoms with Gasteiger partial charge in [0.05, 0.1) is 0 Å². The lowest BCUT2D eigenvalue weighted by Crippen LogP contribution is -2.10. The van der Waals surface area contributed by atoms with Gasteiger partial charge in [-0.1, -0.05) is 18.2 Å². The molecule has 0 saturated heterocycles. The minimum atomic E-state index is -4.16. The molecule has 0 aliphatic heterocycles. The van der Waals surface area contributed by atoms with Crippen LogP contribution in [0.3, 0.4) is 0 Å². The van der Waals surface area contributed by atoms with Gasteiger partial charge in [-0.2, -0.15) is 13.2 Å². The van der Waals surface area contributed by atoms with E-state index in [-0.39, 0.29) is 0 Å². The Hall–Kier alpha value is -0.460. The molecule has 0 aromatic heterocycles. The molecule has 72 valence electrons. The molecule has 5 heteroatoms. The third-order valence-corrected chi connectivity index (χ3v) is 3.09. The number of nitrogens with zero attached hydrogens (tertiary/aromatic N) is 1. The highest BCUT2D eigenvalue weighted by molar-refractivity contribution is 14.2. The van der Waals surface area contributed by atoms with Gasteiger partial charge in [-0.05, 0) is 12.1 Å². The van der Waals surface area contributed by atoms with E-state index in [1.165, 1.54) is 0 Å². The van der Waals surface area contributed by atoms with Crippen LogP contribution in [-0.4, -0.2) is 12.7 Å². The van der Waals surface area contributed by atoms with E-state index in [0.29, 0.717) is 0 Å². The number of benzene rings is 1. The van der Waals surface area contributed by atoms with Crippen LogP contribution in [-0.2, 0) is 0 Å². The van der Waals surface area contributed by atoms with E-state index in [0.717, 1.165) is 3.57 Å². The number of alkyl halides is 3.